The van der Waals surface area contributed by atoms with Crippen LogP contribution in [0.15, 0.2) is 150 Å². The third-order valence-corrected chi connectivity index (χ3v) is 9.22. The van der Waals surface area contributed by atoms with Gasteiger partial charge in [-0.3, -0.25) is 0 Å². The van der Waals surface area contributed by atoms with Crippen LogP contribution in [0.4, 0.5) is 0 Å². The van der Waals surface area contributed by atoms with Gasteiger partial charge < -0.3 is 4.42 Å². The van der Waals surface area contributed by atoms with Crippen LogP contribution < -0.4 is 0 Å². The molecule has 46 heavy (non-hydrogen) atoms. The van der Waals surface area contributed by atoms with E-state index in [2.05, 4.69) is 54.6 Å². The standard InChI is InChI=1S/C40H24N4OS/c1-4-12-25(13-5-1)37-42-38(26-14-6-2-7-15-26)44-39(43-37)29-19-10-18-28(22-29)30-20-11-21-33-36(30)31-23-35-32(24-34(31)45-33)41-40(46-35)27-16-8-3-9-17-27/h1-24H. The Hall–Kier alpha value is -5.98. The zero-order valence-corrected chi connectivity index (χ0v) is 25.3. The van der Waals surface area contributed by atoms with E-state index >= 15 is 0 Å². The summed E-state index contributed by atoms with van der Waals surface area (Å²) in [5, 5.41) is 3.16. The zero-order valence-electron chi connectivity index (χ0n) is 24.5. The van der Waals surface area contributed by atoms with Gasteiger partial charge in [0.15, 0.2) is 17.5 Å². The summed E-state index contributed by atoms with van der Waals surface area (Å²) in [6.45, 7) is 0. The predicted octanol–water partition coefficient (Wildman–Crippen LogP) is 10.7. The van der Waals surface area contributed by atoms with Gasteiger partial charge in [0.1, 0.15) is 16.2 Å². The second-order valence-corrected chi connectivity index (χ2v) is 12.1. The Kier molecular flexibility index (Phi) is 6.25. The van der Waals surface area contributed by atoms with E-state index < -0.39 is 0 Å². The second-order valence-electron chi connectivity index (χ2n) is 11.1. The lowest BCUT2D eigenvalue weighted by Crippen LogP contribution is -2.00. The average molecular weight is 609 g/mol. The first kappa shape index (κ1) is 26.4. The molecular weight excluding hydrogens is 585 g/mol. The second kappa shape index (κ2) is 10.9. The summed E-state index contributed by atoms with van der Waals surface area (Å²) in [5.74, 6) is 1.90. The maximum Gasteiger partial charge on any atom is 0.164 e. The van der Waals surface area contributed by atoms with Gasteiger partial charge in [-0.2, -0.15) is 0 Å². The van der Waals surface area contributed by atoms with Crippen LogP contribution in [0.5, 0.6) is 0 Å². The van der Waals surface area contributed by atoms with E-state index in [9.17, 15) is 0 Å². The molecule has 216 valence electrons. The lowest BCUT2D eigenvalue weighted by molar-refractivity contribution is 0.669. The lowest BCUT2D eigenvalue weighted by Gasteiger charge is -2.10. The fourth-order valence-corrected chi connectivity index (χ4v) is 6.95. The van der Waals surface area contributed by atoms with Crippen molar-refractivity contribution in [2.45, 2.75) is 0 Å². The molecule has 0 atom stereocenters. The monoisotopic (exact) mass is 608 g/mol. The summed E-state index contributed by atoms with van der Waals surface area (Å²) in [4.78, 5) is 19.7. The molecule has 0 spiro atoms. The van der Waals surface area contributed by atoms with E-state index in [1.807, 2.05) is 91.0 Å². The van der Waals surface area contributed by atoms with E-state index in [1.54, 1.807) is 11.3 Å². The smallest absolute Gasteiger partial charge is 0.164 e. The maximum atomic E-state index is 6.41. The summed E-state index contributed by atoms with van der Waals surface area (Å²) in [5.41, 5.74) is 8.68. The van der Waals surface area contributed by atoms with Crippen molar-refractivity contribution in [3.05, 3.63) is 146 Å². The molecule has 0 amide bonds. The minimum Gasteiger partial charge on any atom is -0.456 e. The van der Waals surface area contributed by atoms with Crippen molar-refractivity contribution in [3.8, 4) is 55.9 Å². The Balaban J connectivity index is 1.19. The largest absolute Gasteiger partial charge is 0.456 e. The summed E-state index contributed by atoms with van der Waals surface area (Å²) >= 11 is 1.70. The quantitative estimate of drug-likeness (QED) is 0.194. The number of rotatable bonds is 5. The molecule has 0 saturated heterocycles. The third-order valence-electron chi connectivity index (χ3n) is 8.16. The van der Waals surface area contributed by atoms with Crippen molar-refractivity contribution in [2.75, 3.05) is 0 Å². The van der Waals surface area contributed by atoms with Crippen molar-refractivity contribution in [2.24, 2.45) is 0 Å². The number of hydrogen-bond donors (Lipinski definition) is 0. The van der Waals surface area contributed by atoms with Crippen LogP contribution in [0.25, 0.3) is 88.0 Å². The molecule has 9 aromatic rings. The van der Waals surface area contributed by atoms with Gasteiger partial charge in [0.25, 0.3) is 0 Å². The maximum absolute atomic E-state index is 6.41. The molecule has 0 aliphatic carbocycles. The number of aromatic nitrogens is 4. The predicted molar refractivity (Wildman–Crippen MR) is 187 cm³/mol. The Bertz CT molecular complexity index is 2470. The molecule has 0 fully saturated rings. The first-order valence-corrected chi connectivity index (χ1v) is 15.9. The third kappa shape index (κ3) is 4.64. The van der Waals surface area contributed by atoms with Crippen molar-refractivity contribution in [1.29, 1.82) is 0 Å². The lowest BCUT2D eigenvalue weighted by atomic mass is 9.97. The van der Waals surface area contributed by atoms with Crippen LogP contribution in [0.2, 0.25) is 0 Å². The normalized spacial score (nSPS) is 11.5. The molecule has 3 aromatic heterocycles. The van der Waals surface area contributed by atoms with Crippen LogP contribution in [-0.2, 0) is 0 Å². The number of benzene rings is 6. The van der Waals surface area contributed by atoms with Gasteiger partial charge in [0, 0.05) is 39.1 Å². The van der Waals surface area contributed by atoms with E-state index in [4.69, 9.17) is 24.4 Å². The molecule has 9 rings (SSSR count). The van der Waals surface area contributed by atoms with Crippen molar-refractivity contribution in [3.63, 3.8) is 0 Å². The molecule has 0 saturated carbocycles. The topological polar surface area (TPSA) is 64.7 Å². The number of hydrogen-bond acceptors (Lipinski definition) is 6. The Morgan fingerprint density at radius 3 is 1.67 bits per heavy atom. The van der Waals surface area contributed by atoms with E-state index in [-0.39, 0.29) is 0 Å². The summed E-state index contributed by atoms with van der Waals surface area (Å²) in [6.07, 6.45) is 0. The van der Waals surface area contributed by atoms with Gasteiger partial charge in [-0.1, -0.05) is 121 Å². The van der Waals surface area contributed by atoms with Gasteiger partial charge in [0.05, 0.1) is 10.2 Å². The van der Waals surface area contributed by atoms with E-state index in [0.717, 1.165) is 70.5 Å². The highest BCUT2D eigenvalue weighted by atomic mass is 32.1. The first-order valence-electron chi connectivity index (χ1n) is 15.1. The Morgan fingerprint density at radius 2 is 1.00 bits per heavy atom. The van der Waals surface area contributed by atoms with Gasteiger partial charge in [-0.05, 0) is 29.3 Å². The van der Waals surface area contributed by atoms with Crippen molar-refractivity contribution >= 4 is 43.5 Å². The molecular formula is C40H24N4OS. The molecule has 0 unspecified atom stereocenters. The van der Waals surface area contributed by atoms with Crippen LogP contribution in [0.1, 0.15) is 0 Å². The average Bonchev–Trinajstić information content (AvgIpc) is 3.72. The Morgan fingerprint density at radius 1 is 0.435 bits per heavy atom. The summed E-state index contributed by atoms with van der Waals surface area (Å²) in [6, 6.07) is 49.3. The van der Waals surface area contributed by atoms with Crippen LogP contribution in [-0.4, -0.2) is 19.9 Å². The van der Waals surface area contributed by atoms with Crippen molar-refractivity contribution < 1.29 is 4.42 Å². The van der Waals surface area contributed by atoms with Crippen LogP contribution in [0, 0.1) is 0 Å². The van der Waals surface area contributed by atoms with E-state index in [0.29, 0.717) is 17.5 Å². The zero-order chi connectivity index (χ0) is 30.5. The van der Waals surface area contributed by atoms with Gasteiger partial charge in [0.2, 0.25) is 0 Å². The molecule has 6 heteroatoms. The number of nitrogens with zero attached hydrogens (tertiary/aromatic N) is 4. The van der Waals surface area contributed by atoms with E-state index in [1.165, 1.54) is 0 Å². The summed E-state index contributed by atoms with van der Waals surface area (Å²) in [7, 11) is 0. The van der Waals surface area contributed by atoms with Crippen molar-refractivity contribution in [1.82, 2.24) is 19.9 Å². The molecule has 6 aromatic carbocycles. The van der Waals surface area contributed by atoms with Gasteiger partial charge in [-0.15, -0.1) is 11.3 Å². The molecule has 0 bridgehead atoms. The number of furan rings is 1. The fraction of sp³-hybridized carbons (Fsp3) is 0. The highest BCUT2D eigenvalue weighted by molar-refractivity contribution is 7.21. The van der Waals surface area contributed by atoms with Crippen LogP contribution >= 0.6 is 11.3 Å². The minimum atomic E-state index is 0.624. The fourth-order valence-electron chi connectivity index (χ4n) is 5.96. The first-order chi connectivity index (χ1) is 22.8. The molecule has 0 aliphatic heterocycles. The highest BCUT2D eigenvalue weighted by Gasteiger charge is 2.17. The molecule has 3 heterocycles. The number of thiazole rings is 1. The number of fused-ring (bicyclic) bond motifs is 4. The summed E-state index contributed by atoms with van der Waals surface area (Å²) < 4.78 is 7.54. The minimum absolute atomic E-state index is 0.624. The van der Waals surface area contributed by atoms with Gasteiger partial charge in [-0.25, -0.2) is 19.9 Å². The SMILES string of the molecule is c1ccc(-c2nc(-c3ccccc3)nc(-c3cccc(-c4cccc5oc6cc7nc(-c8ccccc8)sc7cc6c45)c3)n2)cc1. The Labute approximate surface area is 268 Å². The van der Waals surface area contributed by atoms with Gasteiger partial charge >= 0.3 is 0 Å². The molecule has 0 aliphatic rings. The molecule has 0 N–H and O–H groups in total. The van der Waals surface area contributed by atoms with Crippen LogP contribution in [0.3, 0.4) is 0 Å². The highest BCUT2D eigenvalue weighted by Crippen LogP contribution is 2.41. The molecule has 5 nitrogen and oxygen atoms in total. The molecule has 0 radical (unpaired) electrons.